The fraction of sp³-hybridized carbons (Fsp3) is 0.300. The molecule has 2 aromatic heterocycles. The molecule has 140 valence electrons. The molecule has 0 fully saturated rings. The van der Waals surface area contributed by atoms with Gasteiger partial charge in [-0.3, -0.25) is 4.79 Å². The average Bonchev–Trinajstić information content (AvgIpc) is 2.98. The van der Waals surface area contributed by atoms with Gasteiger partial charge in [0.15, 0.2) is 5.78 Å². The van der Waals surface area contributed by atoms with E-state index >= 15 is 0 Å². The fourth-order valence-electron chi connectivity index (χ4n) is 2.59. The number of thiophene rings is 1. The minimum absolute atomic E-state index is 0.0178. The van der Waals surface area contributed by atoms with Crippen LogP contribution in [0.15, 0.2) is 30.6 Å². The first-order valence-corrected chi connectivity index (χ1v) is 9.47. The summed E-state index contributed by atoms with van der Waals surface area (Å²) in [5, 5.41) is 4.05. The van der Waals surface area contributed by atoms with Gasteiger partial charge in [0, 0.05) is 11.3 Å². The monoisotopic (exact) mass is 383 g/mol. The first kappa shape index (κ1) is 19.0. The number of aromatic nitrogens is 2. The Morgan fingerprint density at radius 1 is 1.19 bits per heavy atom. The summed E-state index contributed by atoms with van der Waals surface area (Å²) in [4.78, 5) is 33.7. The summed E-state index contributed by atoms with van der Waals surface area (Å²) in [7, 11) is 0. The van der Waals surface area contributed by atoms with E-state index in [0.29, 0.717) is 22.9 Å². The predicted molar refractivity (Wildman–Crippen MR) is 107 cm³/mol. The van der Waals surface area contributed by atoms with E-state index in [9.17, 15) is 9.59 Å². The van der Waals surface area contributed by atoms with E-state index in [1.807, 2.05) is 32.9 Å². The number of rotatable bonds is 6. The highest BCUT2D eigenvalue weighted by atomic mass is 32.1. The smallest absolute Gasteiger partial charge is 0.348 e. The van der Waals surface area contributed by atoms with Crippen LogP contribution in [0, 0.1) is 12.8 Å². The second-order valence-corrected chi connectivity index (χ2v) is 7.71. The molecule has 0 radical (unpaired) electrons. The van der Waals surface area contributed by atoms with Crippen LogP contribution in [0.4, 0.5) is 11.5 Å². The van der Waals surface area contributed by atoms with Gasteiger partial charge in [0.1, 0.15) is 21.9 Å². The second-order valence-electron chi connectivity index (χ2n) is 6.71. The molecule has 0 bridgehead atoms. The van der Waals surface area contributed by atoms with Crippen molar-refractivity contribution in [3.8, 4) is 0 Å². The maximum absolute atomic E-state index is 12.4. The SMILES string of the molecule is CC(=O)c1ccc(Nc2ncnc3sc(C(=O)OCC(C)C)c(C)c23)cc1. The van der Waals surface area contributed by atoms with Crippen LogP contribution in [0.25, 0.3) is 10.2 Å². The van der Waals surface area contributed by atoms with Crippen LogP contribution in [-0.4, -0.2) is 28.3 Å². The molecule has 0 unspecified atom stereocenters. The molecule has 3 aromatic rings. The molecule has 7 heteroatoms. The van der Waals surface area contributed by atoms with Crippen LogP contribution in [0.3, 0.4) is 0 Å². The first-order valence-electron chi connectivity index (χ1n) is 8.66. The van der Waals surface area contributed by atoms with Gasteiger partial charge in [-0.1, -0.05) is 13.8 Å². The number of benzene rings is 1. The van der Waals surface area contributed by atoms with Gasteiger partial charge in [-0.2, -0.15) is 0 Å². The van der Waals surface area contributed by atoms with Crippen molar-refractivity contribution in [3.05, 3.63) is 46.6 Å². The lowest BCUT2D eigenvalue weighted by Crippen LogP contribution is -2.09. The molecule has 0 aliphatic heterocycles. The zero-order chi connectivity index (χ0) is 19.6. The Bertz CT molecular complexity index is 994. The van der Waals surface area contributed by atoms with Crippen LogP contribution in [0.1, 0.15) is 46.4 Å². The summed E-state index contributed by atoms with van der Waals surface area (Å²) in [5.74, 6) is 0.580. The topological polar surface area (TPSA) is 81.2 Å². The third kappa shape index (κ3) is 4.14. The zero-order valence-electron chi connectivity index (χ0n) is 15.7. The van der Waals surface area contributed by atoms with Crippen molar-refractivity contribution in [2.75, 3.05) is 11.9 Å². The van der Waals surface area contributed by atoms with Gasteiger partial charge in [-0.15, -0.1) is 11.3 Å². The van der Waals surface area contributed by atoms with Gasteiger partial charge in [-0.05, 0) is 49.6 Å². The Labute approximate surface area is 161 Å². The number of carbonyl (C=O) groups excluding carboxylic acids is 2. The largest absolute Gasteiger partial charge is 0.461 e. The quantitative estimate of drug-likeness (QED) is 0.488. The third-order valence-electron chi connectivity index (χ3n) is 4.01. The van der Waals surface area contributed by atoms with Crippen molar-refractivity contribution in [1.29, 1.82) is 0 Å². The molecule has 0 saturated heterocycles. The van der Waals surface area contributed by atoms with Crippen LogP contribution in [0.5, 0.6) is 0 Å². The van der Waals surface area contributed by atoms with Crippen molar-refractivity contribution in [2.45, 2.75) is 27.7 Å². The van der Waals surface area contributed by atoms with E-state index in [0.717, 1.165) is 21.5 Å². The minimum Gasteiger partial charge on any atom is -0.461 e. The van der Waals surface area contributed by atoms with Crippen LogP contribution < -0.4 is 5.32 Å². The van der Waals surface area contributed by atoms with Crippen molar-refractivity contribution in [3.63, 3.8) is 0 Å². The lowest BCUT2D eigenvalue weighted by molar-refractivity contribution is 0.0464. The molecule has 0 amide bonds. The number of anilines is 2. The number of fused-ring (bicyclic) bond motifs is 1. The molecule has 1 aromatic carbocycles. The van der Waals surface area contributed by atoms with Crippen molar-refractivity contribution in [2.24, 2.45) is 5.92 Å². The number of Topliss-reactive ketones (excluding diaryl/α,β-unsaturated/α-hetero) is 1. The molecule has 27 heavy (non-hydrogen) atoms. The lowest BCUT2D eigenvalue weighted by Gasteiger charge is -2.08. The van der Waals surface area contributed by atoms with Crippen molar-refractivity contribution in [1.82, 2.24) is 9.97 Å². The molecule has 0 aliphatic rings. The summed E-state index contributed by atoms with van der Waals surface area (Å²) in [6.45, 7) is 7.78. The molecule has 6 nitrogen and oxygen atoms in total. The van der Waals surface area contributed by atoms with Gasteiger partial charge in [0.25, 0.3) is 0 Å². The normalized spacial score (nSPS) is 11.0. The maximum Gasteiger partial charge on any atom is 0.348 e. The molecular weight excluding hydrogens is 362 g/mol. The predicted octanol–water partition coefficient (Wildman–Crippen LogP) is 4.76. The first-order chi connectivity index (χ1) is 12.9. The number of ketones is 1. The van der Waals surface area contributed by atoms with Crippen LogP contribution in [-0.2, 0) is 4.74 Å². The van der Waals surface area contributed by atoms with Crippen molar-refractivity contribution < 1.29 is 14.3 Å². The Morgan fingerprint density at radius 2 is 1.89 bits per heavy atom. The molecule has 0 aliphatic carbocycles. The highest BCUT2D eigenvalue weighted by Crippen LogP contribution is 2.34. The Morgan fingerprint density at radius 3 is 2.52 bits per heavy atom. The molecule has 2 heterocycles. The highest BCUT2D eigenvalue weighted by Gasteiger charge is 2.20. The minimum atomic E-state index is -0.332. The molecular formula is C20H21N3O3S. The molecule has 0 spiro atoms. The van der Waals surface area contributed by atoms with E-state index in [1.54, 1.807) is 12.1 Å². The fourth-order valence-corrected chi connectivity index (χ4v) is 3.64. The van der Waals surface area contributed by atoms with E-state index in [1.165, 1.54) is 24.6 Å². The summed E-state index contributed by atoms with van der Waals surface area (Å²) < 4.78 is 5.36. The van der Waals surface area contributed by atoms with E-state index < -0.39 is 0 Å². The number of hydrogen-bond acceptors (Lipinski definition) is 7. The van der Waals surface area contributed by atoms with Gasteiger partial charge in [0.05, 0.1) is 12.0 Å². The second kappa shape index (κ2) is 7.84. The maximum atomic E-state index is 12.4. The van der Waals surface area contributed by atoms with Crippen molar-refractivity contribution >= 4 is 44.8 Å². The highest BCUT2D eigenvalue weighted by molar-refractivity contribution is 7.20. The summed E-state index contributed by atoms with van der Waals surface area (Å²) in [6.07, 6.45) is 1.47. The number of aryl methyl sites for hydroxylation is 1. The average molecular weight is 383 g/mol. The molecule has 0 atom stereocenters. The Kier molecular flexibility index (Phi) is 5.51. The lowest BCUT2D eigenvalue weighted by atomic mass is 10.1. The van der Waals surface area contributed by atoms with Gasteiger partial charge in [-0.25, -0.2) is 14.8 Å². The number of nitrogens with zero attached hydrogens (tertiary/aromatic N) is 2. The van der Waals surface area contributed by atoms with E-state index in [-0.39, 0.29) is 17.7 Å². The summed E-state index contributed by atoms with van der Waals surface area (Å²) >= 11 is 1.30. The number of hydrogen-bond donors (Lipinski definition) is 1. The standard InChI is InChI=1S/C20H21N3O3S/c1-11(2)9-26-20(25)17-12(3)16-18(21-10-22-19(16)27-17)23-15-7-5-14(6-8-15)13(4)24/h5-8,10-11H,9H2,1-4H3,(H,21,22,23). The van der Waals surface area contributed by atoms with Crippen LogP contribution in [0.2, 0.25) is 0 Å². The number of nitrogens with one attached hydrogen (secondary N) is 1. The third-order valence-corrected chi connectivity index (χ3v) is 5.19. The summed E-state index contributed by atoms with van der Waals surface area (Å²) in [6, 6.07) is 7.17. The summed E-state index contributed by atoms with van der Waals surface area (Å²) in [5.41, 5.74) is 2.25. The number of esters is 1. The number of ether oxygens (including phenoxy) is 1. The molecule has 0 saturated carbocycles. The van der Waals surface area contributed by atoms with E-state index in [4.69, 9.17) is 4.74 Å². The van der Waals surface area contributed by atoms with Gasteiger partial charge >= 0.3 is 5.97 Å². The van der Waals surface area contributed by atoms with Gasteiger partial charge in [0.2, 0.25) is 0 Å². The number of carbonyl (C=O) groups is 2. The van der Waals surface area contributed by atoms with E-state index in [2.05, 4.69) is 15.3 Å². The zero-order valence-corrected chi connectivity index (χ0v) is 16.5. The van der Waals surface area contributed by atoms with Gasteiger partial charge < -0.3 is 10.1 Å². The Hall–Kier alpha value is -2.80. The van der Waals surface area contributed by atoms with Crippen LogP contribution >= 0.6 is 11.3 Å². The molecule has 1 N–H and O–H groups in total. The molecule has 3 rings (SSSR count). The Balaban J connectivity index is 1.92.